The summed E-state index contributed by atoms with van der Waals surface area (Å²) in [6, 6.07) is 7.04. The smallest absolute Gasteiger partial charge is 0.326 e. The molecule has 2 rings (SSSR count). The molecule has 1 saturated heterocycles. The summed E-state index contributed by atoms with van der Waals surface area (Å²) in [4.78, 5) is 25.9. The molecule has 1 aromatic rings. The molecule has 0 spiro atoms. The molecule has 1 amide bonds. The molecule has 0 aromatic heterocycles. The second kappa shape index (κ2) is 8.69. The van der Waals surface area contributed by atoms with Crippen molar-refractivity contribution in [2.45, 2.75) is 25.8 Å². The Morgan fingerprint density at radius 2 is 2.08 bits per heavy atom. The van der Waals surface area contributed by atoms with E-state index in [1.165, 1.54) is 10.5 Å². The Balaban J connectivity index is 2.23. The summed E-state index contributed by atoms with van der Waals surface area (Å²) in [5.41, 5.74) is 2.13. The maximum absolute atomic E-state index is 12.6. The monoisotopic (exact) mass is 381 g/mol. The van der Waals surface area contributed by atoms with E-state index in [2.05, 4.69) is 6.92 Å². The number of benzene rings is 1. The van der Waals surface area contributed by atoms with Crippen LogP contribution in [-0.4, -0.2) is 44.3 Å². The van der Waals surface area contributed by atoms with Crippen LogP contribution >= 0.6 is 35.7 Å². The van der Waals surface area contributed by atoms with Crippen LogP contribution in [0, 0.1) is 0 Å². The lowest BCUT2D eigenvalue weighted by molar-refractivity contribution is -0.145. The lowest BCUT2D eigenvalue weighted by Gasteiger charge is -2.22. The molecular formula is C17H19NO3S3. The number of nitrogens with zero attached hydrogens (tertiary/aromatic N) is 1. The molecule has 1 fully saturated rings. The Kier molecular flexibility index (Phi) is 6.89. The molecule has 1 aliphatic rings. The van der Waals surface area contributed by atoms with E-state index >= 15 is 0 Å². The molecule has 7 heteroatoms. The zero-order chi connectivity index (χ0) is 17.7. The third-order valence-electron chi connectivity index (χ3n) is 3.70. The number of carboxylic acids is 1. The highest BCUT2D eigenvalue weighted by molar-refractivity contribution is 8.26. The number of aliphatic carboxylic acids is 1. The molecule has 1 aliphatic heterocycles. The molecular weight excluding hydrogens is 362 g/mol. The molecule has 0 saturated carbocycles. The maximum Gasteiger partial charge on any atom is 0.326 e. The molecule has 128 valence electrons. The van der Waals surface area contributed by atoms with Gasteiger partial charge in [0.1, 0.15) is 10.4 Å². The average molecular weight is 382 g/mol. The minimum absolute atomic E-state index is 0.310. The van der Waals surface area contributed by atoms with E-state index in [0.717, 1.165) is 23.7 Å². The maximum atomic E-state index is 12.6. The number of carbonyl (C=O) groups is 2. The number of carboxylic acid groups (broad SMARTS) is 1. The predicted molar refractivity (Wildman–Crippen MR) is 105 cm³/mol. The summed E-state index contributed by atoms with van der Waals surface area (Å²) in [6.45, 7) is 2.08. The van der Waals surface area contributed by atoms with Crippen LogP contribution in [0.25, 0.3) is 6.08 Å². The number of hydrogen-bond donors (Lipinski definition) is 1. The number of carbonyl (C=O) groups excluding carboxylic acids is 1. The summed E-state index contributed by atoms with van der Waals surface area (Å²) in [5.74, 6) is -0.682. The predicted octanol–water partition coefficient (Wildman–Crippen LogP) is 3.66. The van der Waals surface area contributed by atoms with E-state index < -0.39 is 12.0 Å². The Labute approximate surface area is 155 Å². The highest BCUT2D eigenvalue weighted by Gasteiger charge is 2.40. The lowest BCUT2D eigenvalue weighted by atomic mass is 10.1. The Morgan fingerprint density at radius 1 is 1.42 bits per heavy atom. The van der Waals surface area contributed by atoms with Gasteiger partial charge in [-0.25, -0.2) is 4.79 Å². The van der Waals surface area contributed by atoms with Gasteiger partial charge < -0.3 is 5.11 Å². The van der Waals surface area contributed by atoms with Gasteiger partial charge in [-0.2, -0.15) is 11.8 Å². The standard InChI is InChI=1S/C17H19NO3S3/c1-3-11-4-6-12(7-5-11)10-14-15(19)18(17(22)24-14)13(16(20)21)8-9-23-2/h4-7,10,13H,3,8-9H2,1-2H3,(H,20,21)/b14-10-/t13-/m0/s1. The van der Waals surface area contributed by atoms with Gasteiger partial charge in [0.05, 0.1) is 4.91 Å². The second-order valence-electron chi connectivity index (χ2n) is 5.28. The van der Waals surface area contributed by atoms with E-state index in [9.17, 15) is 14.7 Å². The first-order chi connectivity index (χ1) is 11.5. The Hall–Kier alpha value is -1.31. The summed E-state index contributed by atoms with van der Waals surface area (Å²) < 4.78 is 0.310. The van der Waals surface area contributed by atoms with Crippen molar-refractivity contribution in [3.8, 4) is 0 Å². The lowest BCUT2D eigenvalue weighted by Crippen LogP contribution is -2.44. The number of thioether (sulfide) groups is 2. The largest absolute Gasteiger partial charge is 0.480 e. The van der Waals surface area contributed by atoms with Crippen molar-refractivity contribution in [3.05, 3.63) is 40.3 Å². The molecule has 1 atom stereocenters. The van der Waals surface area contributed by atoms with Crippen molar-refractivity contribution in [1.82, 2.24) is 4.90 Å². The highest BCUT2D eigenvalue weighted by Crippen LogP contribution is 2.34. The van der Waals surface area contributed by atoms with E-state index in [4.69, 9.17) is 12.2 Å². The molecule has 1 heterocycles. The van der Waals surface area contributed by atoms with Crippen molar-refractivity contribution in [3.63, 3.8) is 0 Å². The third-order valence-corrected chi connectivity index (χ3v) is 5.68. The normalized spacial score (nSPS) is 17.6. The van der Waals surface area contributed by atoms with Gasteiger partial charge in [0, 0.05) is 0 Å². The number of thiocarbonyl (C=S) groups is 1. The van der Waals surface area contributed by atoms with Crippen LogP contribution in [0.3, 0.4) is 0 Å². The van der Waals surface area contributed by atoms with Crippen molar-refractivity contribution in [2.75, 3.05) is 12.0 Å². The zero-order valence-electron chi connectivity index (χ0n) is 13.5. The summed E-state index contributed by atoms with van der Waals surface area (Å²) >= 11 is 7.97. The van der Waals surface area contributed by atoms with Gasteiger partial charge in [0.25, 0.3) is 5.91 Å². The van der Waals surface area contributed by atoms with Gasteiger partial charge in [-0.15, -0.1) is 0 Å². The minimum atomic E-state index is -1.02. The molecule has 4 nitrogen and oxygen atoms in total. The van der Waals surface area contributed by atoms with Crippen molar-refractivity contribution < 1.29 is 14.7 Å². The van der Waals surface area contributed by atoms with Gasteiger partial charge in [-0.1, -0.05) is 55.2 Å². The van der Waals surface area contributed by atoms with E-state index in [0.29, 0.717) is 21.4 Å². The molecule has 1 aromatic carbocycles. The molecule has 0 aliphatic carbocycles. The van der Waals surface area contributed by atoms with Gasteiger partial charge in [0.2, 0.25) is 0 Å². The highest BCUT2D eigenvalue weighted by atomic mass is 32.2. The molecule has 0 unspecified atom stereocenters. The van der Waals surface area contributed by atoms with Crippen molar-refractivity contribution >= 4 is 58.0 Å². The fraction of sp³-hybridized carbons (Fsp3) is 0.353. The first-order valence-electron chi connectivity index (χ1n) is 7.55. The first-order valence-corrected chi connectivity index (χ1v) is 10.2. The number of aryl methyl sites for hydroxylation is 1. The minimum Gasteiger partial charge on any atom is -0.480 e. The fourth-order valence-electron chi connectivity index (χ4n) is 2.34. The summed E-state index contributed by atoms with van der Waals surface area (Å²) in [7, 11) is 0. The van der Waals surface area contributed by atoms with Crippen molar-refractivity contribution in [1.29, 1.82) is 0 Å². The Bertz CT molecular complexity index is 670. The molecule has 0 bridgehead atoms. The number of hydrogen-bond acceptors (Lipinski definition) is 5. The fourth-order valence-corrected chi connectivity index (χ4v) is 4.16. The van der Waals surface area contributed by atoms with Crippen LogP contribution in [0.2, 0.25) is 0 Å². The number of rotatable bonds is 7. The average Bonchev–Trinajstić information content (AvgIpc) is 2.83. The van der Waals surface area contributed by atoms with E-state index in [-0.39, 0.29) is 5.91 Å². The van der Waals surface area contributed by atoms with Crippen LogP contribution in [0.15, 0.2) is 29.2 Å². The zero-order valence-corrected chi connectivity index (χ0v) is 16.0. The van der Waals surface area contributed by atoms with Crippen LogP contribution in [0.4, 0.5) is 0 Å². The second-order valence-corrected chi connectivity index (χ2v) is 7.94. The molecule has 0 radical (unpaired) electrons. The van der Waals surface area contributed by atoms with E-state index in [1.807, 2.05) is 30.5 Å². The SMILES string of the molecule is CCc1ccc(/C=C2\SC(=S)N([C@@H](CCSC)C(=O)O)C2=O)cc1. The quantitative estimate of drug-likeness (QED) is 0.575. The number of amides is 1. The van der Waals surface area contributed by atoms with Gasteiger partial charge in [-0.05, 0) is 42.1 Å². The first kappa shape index (κ1) is 19.0. The van der Waals surface area contributed by atoms with Crippen LogP contribution < -0.4 is 0 Å². The summed E-state index contributed by atoms with van der Waals surface area (Å²) in [5, 5.41) is 9.44. The topological polar surface area (TPSA) is 57.6 Å². The van der Waals surface area contributed by atoms with Gasteiger partial charge >= 0.3 is 5.97 Å². The van der Waals surface area contributed by atoms with Crippen LogP contribution in [0.5, 0.6) is 0 Å². The summed E-state index contributed by atoms with van der Waals surface area (Å²) in [6.07, 6.45) is 5.01. The Morgan fingerprint density at radius 3 is 2.62 bits per heavy atom. The van der Waals surface area contributed by atoms with Gasteiger partial charge in [-0.3, -0.25) is 9.69 Å². The molecule has 24 heavy (non-hydrogen) atoms. The van der Waals surface area contributed by atoms with Crippen LogP contribution in [0.1, 0.15) is 24.5 Å². The van der Waals surface area contributed by atoms with E-state index in [1.54, 1.807) is 17.8 Å². The third kappa shape index (κ3) is 4.40. The van der Waals surface area contributed by atoms with Crippen molar-refractivity contribution in [2.24, 2.45) is 0 Å². The molecule has 1 N–H and O–H groups in total. The van der Waals surface area contributed by atoms with Crippen LogP contribution in [-0.2, 0) is 16.0 Å². The van der Waals surface area contributed by atoms with Gasteiger partial charge in [0.15, 0.2) is 0 Å².